The van der Waals surface area contributed by atoms with Crippen LogP contribution in [0.4, 0.5) is 0 Å². The van der Waals surface area contributed by atoms with Gasteiger partial charge in [0.1, 0.15) is 23.2 Å². The van der Waals surface area contributed by atoms with E-state index in [1.54, 1.807) is 13.0 Å². The van der Waals surface area contributed by atoms with E-state index >= 15 is 0 Å². The molecule has 0 spiro atoms. The molecule has 0 radical (unpaired) electrons. The summed E-state index contributed by atoms with van der Waals surface area (Å²) in [6, 6.07) is 0. The molecule has 4 unspecified atom stereocenters. The molecule has 3 aliphatic rings. The predicted octanol–water partition coefficient (Wildman–Crippen LogP) is 4.09. The number of Topliss-reactive ketones (excluding diaryl/α,β-unsaturated/α-hetero) is 2. The fourth-order valence-corrected chi connectivity index (χ4v) is 4.66. The molecule has 4 N–H and O–H groups in total. The lowest BCUT2D eigenvalue weighted by atomic mass is 9.88. The molecule has 220 valence electrons. The molecule has 0 saturated carbocycles. The average molecular weight is 565 g/mol. The molecule has 0 aromatic carbocycles. The van der Waals surface area contributed by atoms with Crippen LogP contribution in [0.3, 0.4) is 0 Å². The number of hydrogen-bond donors (Lipinski definition) is 4. The molecule has 1 fully saturated rings. The van der Waals surface area contributed by atoms with Crippen LogP contribution in [0, 0.1) is 5.92 Å². The van der Waals surface area contributed by atoms with E-state index in [9.17, 15) is 29.4 Å². The first-order valence-corrected chi connectivity index (χ1v) is 14.0. The fraction of sp³-hybridized carbons (Fsp3) is 0.438. The number of rotatable bonds is 13. The predicted molar refractivity (Wildman–Crippen MR) is 155 cm³/mol. The highest BCUT2D eigenvalue weighted by molar-refractivity contribution is 6.07. The molecule has 0 aromatic rings. The van der Waals surface area contributed by atoms with Gasteiger partial charge in [-0.05, 0) is 44.8 Å². The standard InChI is InChI=1S/C32H40N2O7/c1-5-6-11-20(2)18-21(3)13-14-22(4)31(39)33-23-19-32(40,30-29(41-30)28(23)38)17-10-8-7-9-12-26(37)34-27-24(35)15-16-25(27)36/h7-10,12,14,17-20,29-30,35,40H,5-6,11,13,15-16H2,1-4H3,(H,33,39)(H,34,37)/b8-7+,12-9+,17-10+,21-18+,22-14+. The third kappa shape index (κ3) is 8.83. The molecule has 4 atom stereocenters. The maximum atomic E-state index is 12.8. The number of hydrogen-bond acceptors (Lipinski definition) is 7. The molecule has 1 saturated heterocycles. The first kappa shape index (κ1) is 31.7. The van der Waals surface area contributed by atoms with Gasteiger partial charge in [-0.25, -0.2) is 0 Å². The van der Waals surface area contributed by atoms with Crippen LogP contribution in [-0.4, -0.2) is 51.4 Å². The number of aliphatic hydroxyl groups is 2. The molecule has 41 heavy (non-hydrogen) atoms. The average Bonchev–Trinajstić information content (AvgIpc) is 3.69. The molecule has 9 nitrogen and oxygen atoms in total. The second-order valence-corrected chi connectivity index (χ2v) is 10.8. The van der Waals surface area contributed by atoms with Crippen molar-refractivity contribution in [1.82, 2.24) is 10.6 Å². The van der Waals surface area contributed by atoms with Gasteiger partial charge >= 0.3 is 0 Å². The number of carbonyl (C=O) groups excluding carboxylic acids is 4. The number of ketones is 2. The zero-order valence-electron chi connectivity index (χ0n) is 24.1. The Balaban J connectivity index is 1.57. The maximum absolute atomic E-state index is 12.8. The van der Waals surface area contributed by atoms with Crippen LogP contribution in [0.1, 0.15) is 66.2 Å². The number of ether oxygens (including phenoxy) is 1. The van der Waals surface area contributed by atoms with E-state index in [1.165, 1.54) is 48.5 Å². The molecule has 1 heterocycles. The number of fused-ring (bicyclic) bond motifs is 1. The summed E-state index contributed by atoms with van der Waals surface area (Å²) in [4.78, 5) is 49.0. The summed E-state index contributed by atoms with van der Waals surface area (Å²) in [5, 5.41) is 25.7. The van der Waals surface area contributed by atoms with E-state index < -0.39 is 29.6 Å². The Morgan fingerprint density at radius 2 is 1.88 bits per heavy atom. The van der Waals surface area contributed by atoms with E-state index in [0.29, 0.717) is 17.9 Å². The van der Waals surface area contributed by atoms with Crippen molar-refractivity contribution >= 4 is 23.4 Å². The Hall–Kier alpha value is -3.82. The second-order valence-electron chi connectivity index (χ2n) is 10.8. The van der Waals surface area contributed by atoms with Gasteiger partial charge in [-0.15, -0.1) is 0 Å². The zero-order chi connectivity index (χ0) is 30.2. The topological polar surface area (TPSA) is 145 Å². The van der Waals surface area contributed by atoms with E-state index in [0.717, 1.165) is 12.8 Å². The number of unbranched alkanes of at least 4 members (excludes halogenated alkanes) is 1. The summed E-state index contributed by atoms with van der Waals surface area (Å²) in [6.45, 7) is 8.08. The largest absolute Gasteiger partial charge is 0.510 e. The maximum Gasteiger partial charge on any atom is 0.251 e. The number of aliphatic hydroxyl groups excluding tert-OH is 1. The van der Waals surface area contributed by atoms with Crippen molar-refractivity contribution in [1.29, 1.82) is 0 Å². The highest BCUT2D eigenvalue weighted by atomic mass is 16.6. The van der Waals surface area contributed by atoms with Crippen molar-refractivity contribution in [2.75, 3.05) is 0 Å². The smallest absolute Gasteiger partial charge is 0.251 e. The van der Waals surface area contributed by atoms with Gasteiger partial charge in [0, 0.05) is 24.5 Å². The summed E-state index contributed by atoms with van der Waals surface area (Å²) in [5.74, 6) is -1.33. The van der Waals surface area contributed by atoms with Crippen LogP contribution in [0.5, 0.6) is 0 Å². The van der Waals surface area contributed by atoms with Gasteiger partial charge in [-0.2, -0.15) is 0 Å². The van der Waals surface area contributed by atoms with Crippen molar-refractivity contribution < 1.29 is 34.1 Å². The van der Waals surface area contributed by atoms with E-state index in [4.69, 9.17) is 4.74 Å². The third-order valence-corrected chi connectivity index (χ3v) is 7.11. The highest BCUT2D eigenvalue weighted by Crippen LogP contribution is 2.40. The molecule has 1 aliphatic heterocycles. The van der Waals surface area contributed by atoms with Crippen LogP contribution in [0.15, 0.2) is 83.0 Å². The lowest BCUT2D eigenvalue weighted by Crippen LogP contribution is -2.42. The van der Waals surface area contributed by atoms with Crippen LogP contribution < -0.4 is 10.6 Å². The van der Waals surface area contributed by atoms with Crippen LogP contribution in [-0.2, 0) is 23.9 Å². The fourth-order valence-electron chi connectivity index (χ4n) is 4.66. The molecule has 2 aliphatic carbocycles. The summed E-state index contributed by atoms with van der Waals surface area (Å²) < 4.78 is 5.39. The molecule has 2 amide bonds. The SMILES string of the molecule is CCCCC(C)/C=C(\C)C/C=C(\C)C(=O)NC1=CC(O)(/C=C/C=C/C=C/C(=O)NC2=C(O)CCC2=O)C2OC2C1=O. The second kappa shape index (κ2) is 14.2. The Morgan fingerprint density at radius 1 is 1.15 bits per heavy atom. The first-order valence-electron chi connectivity index (χ1n) is 14.0. The Kier molecular flexibility index (Phi) is 11.0. The van der Waals surface area contributed by atoms with Gasteiger partial charge < -0.3 is 25.6 Å². The number of carbonyl (C=O) groups is 4. The van der Waals surface area contributed by atoms with Crippen molar-refractivity contribution in [2.24, 2.45) is 5.92 Å². The van der Waals surface area contributed by atoms with Crippen molar-refractivity contribution in [3.63, 3.8) is 0 Å². The van der Waals surface area contributed by atoms with Crippen LogP contribution >= 0.6 is 0 Å². The lowest BCUT2D eigenvalue weighted by Gasteiger charge is -2.23. The summed E-state index contributed by atoms with van der Waals surface area (Å²) >= 11 is 0. The highest BCUT2D eigenvalue weighted by Gasteiger charge is 2.59. The minimum atomic E-state index is -1.61. The summed E-state index contributed by atoms with van der Waals surface area (Å²) in [7, 11) is 0. The quantitative estimate of drug-likeness (QED) is 0.114. The molecule has 9 heteroatoms. The third-order valence-electron chi connectivity index (χ3n) is 7.11. The number of nitrogens with one attached hydrogen (secondary N) is 2. The molecular weight excluding hydrogens is 524 g/mol. The van der Waals surface area contributed by atoms with Crippen LogP contribution in [0.2, 0.25) is 0 Å². The van der Waals surface area contributed by atoms with Gasteiger partial charge in [0.05, 0.1) is 5.70 Å². The van der Waals surface area contributed by atoms with E-state index in [-0.39, 0.29) is 41.6 Å². The number of amides is 2. The van der Waals surface area contributed by atoms with Crippen molar-refractivity contribution in [3.05, 3.63) is 83.0 Å². The number of allylic oxidation sites excluding steroid dienone is 9. The van der Waals surface area contributed by atoms with Crippen molar-refractivity contribution in [2.45, 2.75) is 84.0 Å². The Bertz CT molecular complexity index is 1280. The molecule has 0 bridgehead atoms. The van der Waals surface area contributed by atoms with Crippen LogP contribution in [0.25, 0.3) is 0 Å². The minimum Gasteiger partial charge on any atom is -0.510 e. The van der Waals surface area contributed by atoms with Gasteiger partial charge in [0.2, 0.25) is 11.7 Å². The zero-order valence-corrected chi connectivity index (χ0v) is 24.1. The summed E-state index contributed by atoms with van der Waals surface area (Å²) in [5.41, 5.74) is -0.0601. The normalized spacial score (nSPS) is 25.7. The minimum absolute atomic E-state index is 0.0198. The van der Waals surface area contributed by atoms with Gasteiger partial charge in [0.25, 0.3) is 5.91 Å². The monoisotopic (exact) mass is 564 g/mol. The van der Waals surface area contributed by atoms with Gasteiger partial charge in [-0.1, -0.05) is 68.7 Å². The lowest BCUT2D eigenvalue weighted by molar-refractivity contribution is -0.121. The molecular formula is C32H40N2O7. The van der Waals surface area contributed by atoms with E-state index in [1.807, 2.05) is 13.0 Å². The first-order chi connectivity index (χ1) is 19.4. The molecule has 3 rings (SSSR count). The van der Waals surface area contributed by atoms with Crippen molar-refractivity contribution in [3.8, 4) is 0 Å². The van der Waals surface area contributed by atoms with Gasteiger partial charge in [-0.3, -0.25) is 19.2 Å². The molecule has 0 aromatic heterocycles. The van der Waals surface area contributed by atoms with E-state index in [2.05, 4.69) is 30.6 Å². The van der Waals surface area contributed by atoms with Gasteiger partial charge in [0.15, 0.2) is 11.9 Å². The summed E-state index contributed by atoms with van der Waals surface area (Å²) in [6.07, 6.45) is 16.9. The number of epoxide rings is 1. The Morgan fingerprint density at radius 3 is 2.56 bits per heavy atom. The Labute approximate surface area is 241 Å².